The molecule has 0 unspecified atom stereocenters. The van der Waals surface area contributed by atoms with E-state index in [1.54, 1.807) is 13.2 Å². The van der Waals surface area contributed by atoms with Crippen molar-refractivity contribution in [2.75, 3.05) is 7.11 Å². The second-order valence-electron chi connectivity index (χ2n) is 13.6. The van der Waals surface area contributed by atoms with Gasteiger partial charge in [-0.3, -0.25) is 0 Å². The van der Waals surface area contributed by atoms with Gasteiger partial charge in [-0.05, 0) is 130 Å². The number of aromatic nitrogens is 4. The first kappa shape index (κ1) is 31.3. The highest BCUT2D eigenvalue weighted by molar-refractivity contribution is 6.02. The molecule has 0 fully saturated rings. The van der Waals surface area contributed by atoms with Gasteiger partial charge in [-0.15, -0.1) is 0 Å². The standard InChI is InChI=1S/C44H40N4O2/c1-23-19-25(3)39(26(4)20-23)42-34-13-11-30(45-34)31-12-14-35(46-31)43(40-27(5)21-24(2)22-28(40)6)37-18-16-33(48-37)41(32-15-17-36(42)47-32)29-9-8-10-38(50-7)44(29)49/h8-22,45,47-49H,1-7H3. The summed E-state index contributed by atoms with van der Waals surface area (Å²) in [6.45, 7) is 13.0. The third-order valence-corrected chi connectivity index (χ3v) is 9.92. The van der Waals surface area contributed by atoms with Gasteiger partial charge in [-0.1, -0.05) is 47.5 Å². The van der Waals surface area contributed by atoms with Crippen molar-refractivity contribution in [3.05, 3.63) is 124 Å². The van der Waals surface area contributed by atoms with Gasteiger partial charge >= 0.3 is 0 Å². The van der Waals surface area contributed by atoms with Crippen LogP contribution in [0.3, 0.4) is 0 Å². The summed E-state index contributed by atoms with van der Waals surface area (Å²) in [4.78, 5) is 16.6. The molecule has 0 amide bonds. The van der Waals surface area contributed by atoms with E-state index in [0.717, 1.165) is 66.7 Å². The zero-order valence-electron chi connectivity index (χ0n) is 29.5. The van der Waals surface area contributed by atoms with Crippen LogP contribution in [0.25, 0.3) is 78.6 Å². The molecule has 4 N–H and O–H groups in total. The van der Waals surface area contributed by atoms with Crippen molar-refractivity contribution in [3.63, 3.8) is 0 Å². The maximum Gasteiger partial charge on any atom is 0.165 e. The molecule has 0 spiro atoms. The molecule has 1 aliphatic rings. The van der Waals surface area contributed by atoms with Crippen LogP contribution in [0, 0.1) is 41.5 Å². The van der Waals surface area contributed by atoms with Gasteiger partial charge in [-0.25, -0.2) is 4.98 Å². The maximum absolute atomic E-state index is 11.6. The Labute approximate surface area is 291 Å². The van der Waals surface area contributed by atoms with Crippen LogP contribution in [-0.4, -0.2) is 32.2 Å². The van der Waals surface area contributed by atoms with E-state index in [-0.39, 0.29) is 5.75 Å². The highest BCUT2D eigenvalue weighted by Gasteiger charge is 2.20. The number of para-hydroxylation sites is 1. The SMILES string of the molecule is COc1cccc(-c2c3ccc([nH]3)c(-c3c(C)cc(C)cc3C)c3nc(c4ccc([nH]4)c(-c4c(C)cc(C)cc4C)c4ccc2[nH]4)C=C3)c1O. The van der Waals surface area contributed by atoms with Crippen molar-refractivity contribution in [2.24, 2.45) is 0 Å². The lowest BCUT2D eigenvalue weighted by atomic mass is 9.92. The van der Waals surface area contributed by atoms with Crippen molar-refractivity contribution in [3.8, 4) is 44.9 Å². The highest BCUT2D eigenvalue weighted by atomic mass is 16.5. The summed E-state index contributed by atoms with van der Waals surface area (Å²) in [5.74, 6) is 0.489. The number of hydrogen-bond acceptors (Lipinski definition) is 3. The molecular weight excluding hydrogens is 617 g/mol. The van der Waals surface area contributed by atoms with Crippen molar-refractivity contribution >= 4 is 45.3 Å². The van der Waals surface area contributed by atoms with Crippen molar-refractivity contribution in [2.45, 2.75) is 41.5 Å². The Bertz CT molecular complexity index is 2620. The maximum atomic E-state index is 11.6. The van der Waals surface area contributed by atoms with Crippen molar-refractivity contribution < 1.29 is 9.84 Å². The molecule has 50 heavy (non-hydrogen) atoms. The van der Waals surface area contributed by atoms with Crippen molar-refractivity contribution in [1.29, 1.82) is 0 Å². The lowest BCUT2D eigenvalue weighted by molar-refractivity contribution is 0.374. The predicted molar refractivity (Wildman–Crippen MR) is 208 cm³/mol. The first-order valence-corrected chi connectivity index (χ1v) is 17.0. The number of ether oxygens (including phenoxy) is 1. The average Bonchev–Trinajstić information content (AvgIpc) is 3.89. The summed E-state index contributed by atoms with van der Waals surface area (Å²) >= 11 is 0. The van der Waals surface area contributed by atoms with Gasteiger partial charge < -0.3 is 24.8 Å². The number of fused-ring (bicyclic) bond motifs is 9. The Balaban J connectivity index is 1.60. The van der Waals surface area contributed by atoms with E-state index in [2.05, 4.69) is 129 Å². The van der Waals surface area contributed by atoms with E-state index in [1.807, 2.05) is 12.1 Å². The van der Waals surface area contributed by atoms with Gasteiger partial charge in [-0.2, -0.15) is 0 Å². The number of benzene rings is 3. The van der Waals surface area contributed by atoms with E-state index in [9.17, 15) is 5.11 Å². The summed E-state index contributed by atoms with van der Waals surface area (Å²) in [6, 6.07) is 27.3. The minimum atomic E-state index is 0.0791. The molecule has 3 aromatic carbocycles. The smallest absolute Gasteiger partial charge is 0.165 e. The number of rotatable bonds is 4. The Morgan fingerprint density at radius 1 is 0.500 bits per heavy atom. The molecule has 4 aromatic heterocycles. The lowest BCUT2D eigenvalue weighted by Gasteiger charge is -2.13. The fourth-order valence-electron chi connectivity index (χ4n) is 8.00. The van der Waals surface area contributed by atoms with E-state index in [1.165, 1.54) is 38.9 Å². The highest BCUT2D eigenvalue weighted by Crippen LogP contribution is 2.43. The molecule has 0 atom stereocenters. The Kier molecular flexibility index (Phi) is 7.41. The Hall–Kier alpha value is -6.01. The minimum absolute atomic E-state index is 0.0791. The third kappa shape index (κ3) is 5.07. The topological polar surface area (TPSA) is 89.7 Å². The molecule has 8 bridgehead atoms. The number of aryl methyl sites for hydroxylation is 6. The number of hydrogen-bond donors (Lipinski definition) is 4. The summed E-state index contributed by atoms with van der Waals surface area (Å²) in [5.41, 5.74) is 20.4. The van der Waals surface area contributed by atoms with Crippen LogP contribution < -0.4 is 4.74 Å². The van der Waals surface area contributed by atoms with Gasteiger partial charge in [0.25, 0.3) is 0 Å². The quantitative estimate of drug-likeness (QED) is 0.152. The number of phenols is 1. The number of nitrogens with one attached hydrogen (secondary N) is 3. The van der Waals surface area contributed by atoms with Gasteiger partial charge in [0.2, 0.25) is 0 Å². The molecule has 8 rings (SSSR count). The number of H-pyrrole nitrogens is 3. The van der Waals surface area contributed by atoms with Crippen LogP contribution in [0.1, 0.15) is 44.8 Å². The minimum Gasteiger partial charge on any atom is -0.504 e. The average molecular weight is 657 g/mol. The molecule has 0 radical (unpaired) electrons. The van der Waals surface area contributed by atoms with Crippen LogP contribution in [0.4, 0.5) is 0 Å². The lowest BCUT2D eigenvalue weighted by Crippen LogP contribution is -1.93. The molecule has 0 aliphatic carbocycles. The molecule has 7 aromatic rings. The molecule has 0 saturated carbocycles. The van der Waals surface area contributed by atoms with Crippen LogP contribution in [0.2, 0.25) is 0 Å². The normalized spacial score (nSPS) is 11.9. The summed E-state index contributed by atoms with van der Waals surface area (Å²) < 4.78 is 5.58. The Morgan fingerprint density at radius 2 is 0.940 bits per heavy atom. The summed E-state index contributed by atoms with van der Waals surface area (Å²) in [7, 11) is 1.58. The summed E-state index contributed by atoms with van der Waals surface area (Å²) in [5, 5.41) is 11.6. The second kappa shape index (κ2) is 11.8. The predicted octanol–water partition coefficient (Wildman–Crippen LogP) is 11.3. The van der Waals surface area contributed by atoms with Gasteiger partial charge in [0, 0.05) is 49.8 Å². The number of methoxy groups -OCH3 is 1. The monoisotopic (exact) mass is 656 g/mol. The molecule has 0 saturated heterocycles. The number of phenolic OH excluding ortho intramolecular Hbond substituents is 1. The fraction of sp³-hybridized carbons (Fsp3) is 0.159. The molecule has 6 heteroatoms. The number of aromatic amines is 3. The number of nitrogens with zero attached hydrogens (tertiary/aromatic N) is 1. The van der Waals surface area contributed by atoms with E-state index < -0.39 is 0 Å². The zero-order valence-corrected chi connectivity index (χ0v) is 29.5. The van der Waals surface area contributed by atoms with Crippen LogP contribution in [-0.2, 0) is 0 Å². The molecular formula is C44H40N4O2. The molecule has 248 valence electrons. The zero-order chi connectivity index (χ0) is 34.8. The van der Waals surface area contributed by atoms with Gasteiger partial charge in [0.15, 0.2) is 11.5 Å². The second-order valence-corrected chi connectivity index (χ2v) is 13.6. The number of aromatic hydroxyl groups is 1. The third-order valence-electron chi connectivity index (χ3n) is 9.92. The van der Waals surface area contributed by atoms with Gasteiger partial charge in [0.1, 0.15) is 0 Å². The molecule has 6 nitrogen and oxygen atoms in total. The molecule has 1 aliphatic heterocycles. The first-order valence-electron chi connectivity index (χ1n) is 17.0. The Morgan fingerprint density at radius 3 is 1.48 bits per heavy atom. The van der Waals surface area contributed by atoms with Crippen LogP contribution >= 0.6 is 0 Å². The fourth-order valence-corrected chi connectivity index (χ4v) is 8.00. The van der Waals surface area contributed by atoms with Crippen molar-refractivity contribution in [1.82, 2.24) is 19.9 Å². The van der Waals surface area contributed by atoms with E-state index >= 15 is 0 Å². The largest absolute Gasteiger partial charge is 0.504 e. The summed E-state index contributed by atoms with van der Waals surface area (Å²) in [6.07, 6.45) is 4.21. The van der Waals surface area contributed by atoms with Crippen LogP contribution in [0.15, 0.2) is 78.9 Å². The van der Waals surface area contributed by atoms with Crippen LogP contribution in [0.5, 0.6) is 11.5 Å². The van der Waals surface area contributed by atoms with Gasteiger partial charge in [0.05, 0.1) is 24.0 Å². The molecule has 5 heterocycles. The van der Waals surface area contributed by atoms with E-state index in [0.29, 0.717) is 11.3 Å². The first-order chi connectivity index (χ1) is 24.1. The van der Waals surface area contributed by atoms with E-state index in [4.69, 9.17) is 9.72 Å².